The van der Waals surface area contributed by atoms with Crippen molar-refractivity contribution < 1.29 is 0 Å². The second kappa shape index (κ2) is 13.8. The molecule has 11 rings (SSSR count). The maximum atomic E-state index is 5.36. The molecule has 0 saturated carbocycles. The summed E-state index contributed by atoms with van der Waals surface area (Å²) in [5.41, 5.74) is 10.0. The zero-order valence-corrected chi connectivity index (χ0v) is 31.6. The summed E-state index contributed by atoms with van der Waals surface area (Å²) in [6.45, 7) is 0. The number of aromatic nitrogens is 3. The number of benzene rings is 9. The third kappa shape index (κ3) is 5.78. The van der Waals surface area contributed by atoms with Crippen LogP contribution in [0.2, 0.25) is 0 Å². The van der Waals surface area contributed by atoms with E-state index >= 15 is 0 Å². The first-order valence-corrected chi connectivity index (χ1v) is 20.0. The molecule has 2 aromatic heterocycles. The normalized spacial score (nSPS) is 11.5. The predicted molar refractivity (Wildman–Crippen MR) is 240 cm³/mol. The molecule has 0 fully saturated rings. The molecule has 0 aliphatic heterocycles. The molecule has 3 nitrogen and oxygen atoms in total. The van der Waals surface area contributed by atoms with Gasteiger partial charge in [0.1, 0.15) is 0 Å². The van der Waals surface area contributed by atoms with Crippen LogP contribution in [0.1, 0.15) is 0 Å². The van der Waals surface area contributed by atoms with E-state index in [1.54, 1.807) is 11.3 Å². The van der Waals surface area contributed by atoms with Gasteiger partial charge in [0.2, 0.25) is 0 Å². The summed E-state index contributed by atoms with van der Waals surface area (Å²) < 4.78 is 2.42. The van der Waals surface area contributed by atoms with Crippen molar-refractivity contribution in [2.75, 3.05) is 0 Å². The Kier molecular flexibility index (Phi) is 8.01. The molecule has 0 atom stereocenters. The molecule has 0 amide bonds. The lowest BCUT2D eigenvalue weighted by atomic mass is 9.92. The second-order valence-electron chi connectivity index (χ2n) is 14.3. The molecule has 266 valence electrons. The molecule has 2 heterocycles. The molecule has 11 aromatic rings. The van der Waals surface area contributed by atoms with E-state index in [1.807, 2.05) is 0 Å². The van der Waals surface area contributed by atoms with Crippen LogP contribution < -0.4 is 0 Å². The summed E-state index contributed by atoms with van der Waals surface area (Å²) in [6, 6.07) is 71.0. The number of hydrogen-bond donors (Lipinski definition) is 0. The number of fused-ring (bicyclic) bond motifs is 5. The largest absolute Gasteiger partial charge is 0.208 e. The molecule has 0 radical (unpaired) electrons. The summed E-state index contributed by atoms with van der Waals surface area (Å²) in [4.78, 5) is 16.1. The minimum absolute atomic E-state index is 0.644. The van der Waals surface area contributed by atoms with Crippen molar-refractivity contribution in [1.29, 1.82) is 0 Å². The van der Waals surface area contributed by atoms with Gasteiger partial charge in [-0.2, -0.15) is 0 Å². The zero-order chi connectivity index (χ0) is 37.7. The van der Waals surface area contributed by atoms with E-state index in [0.29, 0.717) is 17.5 Å². The lowest BCUT2D eigenvalue weighted by molar-refractivity contribution is 1.08. The van der Waals surface area contributed by atoms with E-state index in [9.17, 15) is 0 Å². The van der Waals surface area contributed by atoms with Crippen molar-refractivity contribution in [3.8, 4) is 67.5 Å². The molecule has 57 heavy (non-hydrogen) atoms. The Morgan fingerprint density at radius 1 is 0.263 bits per heavy atom. The first-order chi connectivity index (χ1) is 28.3. The van der Waals surface area contributed by atoms with E-state index in [-0.39, 0.29) is 0 Å². The van der Waals surface area contributed by atoms with Gasteiger partial charge in [0.05, 0.1) is 0 Å². The average Bonchev–Trinajstić information content (AvgIpc) is 3.68. The van der Waals surface area contributed by atoms with E-state index < -0.39 is 0 Å². The number of nitrogens with zero attached hydrogens (tertiary/aromatic N) is 3. The van der Waals surface area contributed by atoms with Gasteiger partial charge in [-0.3, -0.25) is 0 Å². The molecular weight excluding hydrogens is 711 g/mol. The fourth-order valence-electron chi connectivity index (χ4n) is 8.27. The first kappa shape index (κ1) is 33.1. The van der Waals surface area contributed by atoms with Gasteiger partial charge in [-0.25, -0.2) is 15.0 Å². The molecule has 0 spiro atoms. The van der Waals surface area contributed by atoms with Crippen LogP contribution in [-0.2, 0) is 0 Å². The highest BCUT2D eigenvalue weighted by Crippen LogP contribution is 2.42. The van der Waals surface area contributed by atoms with E-state index in [0.717, 1.165) is 43.8 Å². The topological polar surface area (TPSA) is 38.7 Å². The molecule has 4 heteroatoms. The fraction of sp³-hybridized carbons (Fsp3) is 0. The highest BCUT2D eigenvalue weighted by molar-refractivity contribution is 7.26. The highest BCUT2D eigenvalue weighted by Gasteiger charge is 2.20. The van der Waals surface area contributed by atoms with Crippen molar-refractivity contribution in [3.63, 3.8) is 0 Å². The standard InChI is InChI=1S/C53H33N3S/c1-3-15-34(16-4-1)36-19-13-20-37(33-36)39-30-32-47(43-24-10-8-22-41(39)43)52-54-51(46-31-29-38(35-17-5-2-6-18-35)40-21-7-9-23-42(40)46)55-53(56-52)48-27-14-26-45-44-25-11-12-28-49(44)57-50(45)48/h1-33H. The lowest BCUT2D eigenvalue weighted by Crippen LogP contribution is -2.01. The quantitative estimate of drug-likeness (QED) is 0.170. The van der Waals surface area contributed by atoms with Crippen LogP contribution in [-0.4, -0.2) is 15.0 Å². The minimum atomic E-state index is 0.644. The van der Waals surface area contributed by atoms with Gasteiger partial charge in [0.25, 0.3) is 0 Å². The smallest absolute Gasteiger partial charge is 0.165 e. The average molecular weight is 744 g/mol. The van der Waals surface area contributed by atoms with E-state index in [2.05, 4.69) is 200 Å². The van der Waals surface area contributed by atoms with Crippen LogP contribution in [0.15, 0.2) is 200 Å². The Labute approximate surface area is 334 Å². The SMILES string of the molecule is c1ccc(-c2cccc(-c3ccc(-c4nc(-c5ccc(-c6ccccc6)c6ccccc56)nc(-c5cccc6c5sc5ccccc56)n4)c4ccccc34)c2)cc1. The Morgan fingerprint density at radius 3 is 1.32 bits per heavy atom. The Balaban J connectivity index is 1.14. The van der Waals surface area contributed by atoms with Crippen LogP contribution in [0, 0.1) is 0 Å². The number of hydrogen-bond acceptors (Lipinski definition) is 4. The Hall–Kier alpha value is -7.27. The molecule has 0 aliphatic carbocycles. The van der Waals surface area contributed by atoms with Crippen molar-refractivity contribution >= 4 is 53.1 Å². The predicted octanol–water partition coefficient (Wildman–Crippen LogP) is 14.5. The Bertz CT molecular complexity index is 3300. The van der Waals surface area contributed by atoms with Crippen molar-refractivity contribution in [2.24, 2.45) is 0 Å². The van der Waals surface area contributed by atoms with E-state index in [1.165, 1.54) is 48.0 Å². The highest BCUT2D eigenvalue weighted by atomic mass is 32.1. The first-order valence-electron chi connectivity index (χ1n) is 19.2. The lowest BCUT2D eigenvalue weighted by Gasteiger charge is -2.15. The second-order valence-corrected chi connectivity index (χ2v) is 15.4. The molecule has 0 saturated heterocycles. The van der Waals surface area contributed by atoms with Gasteiger partial charge < -0.3 is 0 Å². The number of thiophene rings is 1. The van der Waals surface area contributed by atoms with Crippen molar-refractivity contribution in [3.05, 3.63) is 200 Å². The summed E-state index contributed by atoms with van der Waals surface area (Å²) in [5.74, 6) is 1.95. The van der Waals surface area contributed by atoms with Crippen LogP contribution in [0.25, 0.3) is 109 Å². The van der Waals surface area contributed by atoms with E-state index in [4.69, 9.17) is 15.0 Å². The van der Waals surface area contributed by atoms with Gasteiger partial charge in [-0.1, -0.05) is 170 Å². The van der Waals surface area contributed by atoms with Crippen molar-refractivity contribution in [2.45, 2.75) is 0 Å². The number of rotatable bonds is 6. The summed E-state index contributed by atoms with van der Waals surface area (Å²) in [5, 5.41) is 6.95. The molecule has 0 N–H and O–H groups in total. The van der Waals surface area contributed by atoms with Crippen molar-refractivity contribution in [1.82, 2.24) is 15.0 Å². The fourth-order valence-corrected chi connectivity index (χ4v) is 9.48. The van der Waals surface area contributed by atoms with Crippen LogP contribution in [0.5, 0.6) is 0 Å². The van der Waals surface area contributed by atoms with Crippen LogP contribution >= 0.6 is 11.3 Å². The maximum absolute atomic E-state index is 5.36. The van der Waals surface area contributed by atoms with Gasteiger partial charge in [-0.15, -0.1) is 11.3 Å². The molecular formula is C53H33N3S. The van der Waals surface area contributed by atoms with Gasteiger partial charge in [-0.05, 0) is 85.3 Å². The minimum Gasteiger partial charge on any atom is -0.208 e. The third-order valence-corrected chi connectivity index (χ3v) is 12.2. The molecule has 0 aliphatic rings. The molecule has 0 bridgehead atoms. The molecule has 9 aromatic carbocycles. The summed E-state index contributed by atoms with van der Waals surface area (Å²) >= 11 is 1.79. The third-order valence-electron chi connectivity index (χ3n) is 11.0. The maximum Gasteiger partial charge on any atom is 0.165 e. The Morgan fingerprint density at radius 2 is 0.684 bits per heavy atom. The van der Waals surface area contributed by atoms with Gasteiger partial charge >= 0.3 is 0 Å². The summed E-state index contributed by atoms with van der Waals surface area (Å²) in [6.07, 6.45) is 0. The summed E-state index contributed by atoms with van der Waals surface area (Å²) in [7, 11) is 0. The monoisotopic (exact) mass is 743 g/mol. The zero-order valence-electron chi connectivity index (χ0n) is 30.8. The van der Waals surface area contributed by atoms with Crippen LogP contribution in [0.4, 0.5) is 0 Å². The van der Waals surface area contributed by atoms with Gasteiger partial charge in [0.15, 0.2) is 17.5 Å². The van der Waals surface area contributed by atoms with Gasteiger partial charge in [0, 0.05) is 36.9 Å². The van der Waals surface area contributed by atoms with Crippen LogP contribution in [0.3, 0.4) is 0 Å². The molecule has 0 unspecified atom stereocenters.